The predicted octanol–water partition coefficient (Wildman–Crippen LogP) is 1.25. The number of aromatic nitrogens is 2. The largest absolute Gasteiger partial charge is 0.469 e. The number of piperidine rings is 2. The number of rotatable bonds is 7. The van der Waals surface area contributed by atoms with Crippen molar-refractivity contribution in [3.05, 3.63) is 0 Å². The lowest BCUT2D eigenvalue weighted by Gasteiger charge is -2.40. The molecule has 0 aromatic carbocycles. The summed E-state index contributed by atoms with van der Waals surface area (Å²) < 4.78 is 4.50. The molecule has 3 rings (SSSR count). The van der Waals surface area contributed by atoms with Crippen LogP contribution in [0.2, 0.25) is 0 Å². The number of carbonyl (C=O) groups excluding carboxylic acids is 2. The Morgan fingerprint density at radius 3 is 2.61 bits per heavy atom. The zero-order valence-electron chi connectivity index (χ0n) is 16.3. The molecule has 28 heavy (non-hydrogen) atoms. The van der Waals surface area contributed by atoms with Crippen LogP contribution in [-0.2, 0) is 14.3 Å². The van der Waals surface area contributed by atoms with E-state index in [2.05, 4.69) is 30.1 Å². The Morgan fingerprint density at radius 1 is 1.21 bits per heavy atom. The van der Waals surface area contributed by atoms with Gasteiger partial charge in [0.2, 0.25) is 10.3 Å². The number of carbonyl (C=O) groups is 2. The van der Waals surface area contributed by atoms with Crippen LogP contribution in [0.3, 0.4) is 0 Å². The highest BCUT2D eigenvalue weighted by Gasteiger charge is 2.27. The van der Waals surface area contributed by atoms with Gasteiger partial charge in [-0.05, 0) is 45.2 Å². The second-order valence-electron chi connectivity index (χ2n) is 7.32. The summed E-state index contributed by atoms with van der Waals surface area (Å²) in [5.74, 6) is -1.05. The average molecular weight is 412 g/mol. The van der Waals surface area contributed by atoms with Crippen LogP contribution in [0.5, 0.6) is 0 Å². The minimum Gasteiger partial charge on any atom is -0.469 e. The molecule has 0 unspecified atom stereocenters. The number of nitrogens with one attached hydrogen (secondary N) is 1. The van der Waals surface area contributed by atoms with Gasteiger partial charge in [-0.2, -0.15) is 0 Å². The molecule has 0 radical (unpaired) electrons. The molecule has 2 N–H and O–H groups in total. The molecule has 10 heteroatoms. The number of methoxy groups -OCH3 is 1. The molecule has 0 saturated carbocycles. The number of nitrogens with zero attached hydrogens (tertiary/aromatic N) is 4. The van der Waals surface area contributed by atoms with Crippen LogP contribution in [0.4, 0.5) is 10.3 Å². The van der Waals surface area contributed by atoms with Crippen molar-refractivity contribution in [1.82, 2.24) is 15.1 Å². The Bertz CT molecular complexity index is 656. The van der Waals surface area contributed by atoms with Crippen molar-refractivity contribution < 1.29 is 19.4 Å². The van der Waals surface area contributed by atoms with E-state index in [0.29, 0.717) is 11.2 Å². The van der Waals surface area contributed by atoms with Gasteiger partial charge >= 0.3 is 5.97 Å². The fraction of sp³-hybridized carbons (Fsp3) is 0.778. The van der Waals surface area contributed by atoms with Crippen LogP contribution < -0.4 is 10.2 Å². The summed E-state index contributed by atoms with van der Waals surface area (Å²) in [7, 11) is 1.27. The zero-order valence-corrected chi connectivity index (χ0v) is 17.1. The monoisotopic (exact) mass is 411 g/mol. The summed E-state index contributed by atoms with van der Waals surface area (Å²) in [6, 6.07) is 0.661. The topological polar surface area (TPSA) is 108 Å². The predicted molar refractivity (Wildman–Crippen MR) is 106 cm³/mol. The fourth-order valence-corrected chi connectivity index (χ4v) is 4.58. The first-order valence-electron chi connectivity index (χ1n) is 9.95. The smallest absolute Gasteiger partial charge is 0.305 e. The van der Waals surface area contributed by atoms with Crippen molar-refractivity contribution >= 4 is 33.5 Å². The van der Waals surface area contributed by atoms with Gasteiger partial charge in [-0.25, -0.2) is 0 Å². The normalized spacial score (nSPS) is 20.0. The van der Waals surface area contributed by atoms with Crippen LogP contribution in [0.25, 0.3) is 0 Å². The summed E-state index contributed by atoms with van der Waals surface area (Å²) in [5.41, 5.74) is 0. The highest BCUT2D eigenvalue weighted by Crippen LogP contribution is 2.28. The van der Waals surface area contributed by atoms with Gasteiger partial charge in [0.05, 0.1) is 7.11 Å². The number of hydrogen-bond acceptors (Lipinski definition) is 9. The second-order valence-corrected chi connectivity index (χ2v) is 8.28. The van der Waals surface area contributed by atoms with Crippen LogP contribution in [0.15, 0.2) is 0 Å². The van der Waals surface area contributed by atoms with Crippen molar-refractivity contribution in [2.24, 2.45) is 0 Å². The van der Waals surface area contributed by atoms with Crippen molar-refractivity contribution in [3.8, 4) is 0 Å². The quantitative estimate of drug-likeness (QED) is 0.646. The molecular formula is C18H29N5O4S. The lowest BCUT2D eigenvalue weighted by Crippen LogP contribution is -2.46. The summed E-state index contributed by atoms with van der Waals surface area (Å²) in [6.07, 6.45) is 4.92. The molecule has 3 heterocycles. The fourth-order valence-electron chi connectivity index (χ4n) is 3.78. The van der Waals surface area contributed by atoms with Gasteiger partial charge in [-0.1, -0.05) is 17.8 Å². The Balaban J connectivity index is 1.45. The third kappa shape index (κ3) is 5.62. The Labute approximate surface area is 169 Å². The zero-order chi connectivity index (χ0) is 19.9. The minimum atomic E-state index is -1.29. The maximum Gasteiger partial charge on any atom is 0.305 e. The molecular weight excluding hydrogens is 382 g/mol. The van der Waals surface area contributed by atoms with Crippen LogP contribution in [0.1, 0.15) is 44.9 Å². The van der Waals surface area contributed by atoms with Gasteiger partial charge in [0.25, 0.3) is 5.91 Å². The van der Waals surface area contributed by atoms with Gasteiger partial charge in [0.1, 0.15) is 6.10 Å². The van der Waals surface area contributed by atoms with Crippen LogP contribution in [0, 0.1) is 0 Å². The molecule has 1 atom stereocenters. The number of esters is 1. The van der Waals surface area contributed by atoms with Gasteiger partial charge in [-0.3, -0.25) is 14.9 Å². The number of aliphatic hydroxyl groups excluding tert-OH is 1. The molecule has 156 valence electrons. The summed E-state index contributed by atoms with van der Waals surface area (Å²) in [4.78, 5) is 28.0. The molecule has 2 aliphatic rings. The summed E-state index contributed by atoms with van der Waals surface area (Å²) in [5, 5.41) is 21.8. The molecule has 2 fully saturated rings. The van der Waals surface area contributed by atoms with Gasteiger partial charge in [0.15, 0.2) is 0 Å². The van der Waals surface area contributed by atoms with Gasteiger partial charge < -0.3 is 19.6 Å². The molecule has 0 aliphatic carbocycles. The van der Waals surface area contributed by atoms with E-state index >= 15 is 0 Å². The molecule has 2 aliphatic heterocycles. The molecule has 1 aromatic heterocycles. The highest BCUT2D eigenvalue weighted by atomic mass is 32.1. The van der Waals surface area contributed by atoms with E-state index in [-0.39, 0.29) is 12.8 Å². The number of anilines is 2. The number of likely N-dealkylation sites (tertiary alicyclic amines) is 1. The Morgan fingerprint density at radius 2 is 1.93 bits per heavy atom. The third-order valence-electron chi connectivity index (χ3n) is 5.44. The van der Waals surface area contributed by atoms with Gasteiger partial charge in [-0.15, -0.1) is 10.2 Å². The Hall–Kier alpha value is -1.78. The molecule has 9 nitrogen and oxygen atoms in total. The summed E-state index contributed by atoms with van der Waals surface area (Å²) >= 11 is 1.31. The number of hydrogen-bond donors (Lipinski definition) is 2. The van der Waals surface area contributed by atoms with E-state index in [9.17, 15) is 14.7 Å². The second kappa shape index (κ2) is 10.1. The number of ether oxygens (including phenoxy) is 1. The lowest BCUT2D eigenvalue weighted by atomic mass is 10.0. The van der Waals surface area contributed by atoms with E-state index in [4.69, 9.17) is 0 Å². The molecule has 1 amide bonds. The van der Waals surface area contributed by atoms with Crippen LogP contribution in [-0.4, -0.2) is 77.5 Å². The third-order valence-corrected chi connectivity index (χ3v) is 6.34. The molecule has 2 saturated heterocycles. The van der Waals surface area contributed by atoms with Crippen molar-refractivity contribution in [1.29, 1.82) is 0 Å². The lowest BCUT2D eigenvalue weighted by molar-refractivity contribution is -0.141. The maximum atomic E-state index is 12.0. The molecule has 0 bridgehead atoms. The van der Waals surface area contributed by atoms with Crippen LogP contribution >= 0.6 is 11.3 Å². The highest BCUT2D eigenvalue weighted by molar-refractivity contribution is 7.19. The standard InChI is InChI=1S/C18H29N5O4S/c1-27-15(25)6-5-14(24)16(26)19-17-20-21-18(28-17)23-11-7-13(8-12-23)22-9-3-2-4-10-22/h13-14,24H,2-12H2,1H3,(H,19,20,26)/t14-/m1/s1. The maximum absolute atomic E-state index is 12.0. The Kier molecular flexibility index (Phi) is 7.57. The average Bonchev–Trinajstić information content (AvgIpc) is 3.20. The van der Waals surface area contributed by atoms with E-state index < -0.39 is 18.0 Å². The van der Waals surface area contributed by atoms with E-state index in [1.54, 1.807) is 0 Å². The first kappa shape index (κ1) is 20.9. The molecule has 1 aromatic rings. The van der Waals surface area contributed by atoms with E-state index in [0.717, 1.165) is 31.1 Å². The van der Waals surface area contributed by atoms with Crippen molar-refractivity contribution in [2.75, 3.05) is 43.5 Å². The van der Waals surface area contributed by atoms with Crippen molar-refractivity contribution in [3.63, 3.8) is 0 Å². The van der Waals surface area contributed by atoms with E-state index in [1.807, 2.05) is 0 Å². The number of aliphatic hydroxyl groups is 1. The first-order chi connectivity index (χ1) is 13.6. The summed E-state index contributed by atoms with van der Waals surface area (Å²) in [6.45, 7) is 4.31. The minimum absolute atomic E-state index is 0.00812. The van der Waals surface area contributed by atoms with Gasteiger partial charge in [0, 0.05) is 25.6 Å². The number of amides is 1. The molecule has 0 spiro atoms. The SMILES string of the molecule is COC(=O)CC[C@@H](O)C(=O)Nc1nnc(N2CCC(N3CCCCC3)CC2)s1. The first-order valence-corrected chi connectivity index (χ1v) is 10.8. The van der Waals surface area contributed by atoms with E-state index in [1.165, 1.54) is 50.8 Å². The van der Waals surface area contributed by atoms with Crippen molar-refractivity contribution in [2.45, 2.75) is 57.1 Å².